The van der Waals surface area contributed by atoms with Gasteiger partial charge in [0.05, 0.1) is 33.9 Å². The normalized spacial score (nSPS) is 27.6. The van der Waals surface area contributed by atoms with Gasteiger partial charge in [-0.1, -0.05) is 12.1 Å². The second-order valence-corrected chi connectivity index (χ2v) is 8.85. The molecule has 30 heavy (non-hydrogen) atoms. The number of hydrogen-bond donors (Lipinski definition) is 1. The molecule has 1 N–H and O–H groups in total. The van der Waals surface area contributed by atoms with E-state index in [0.717, 1.165) is 72.6 Å². The Morgan fingerprint density at radius 3 is 2.13 bits per heavy atom. The number of aliphatic hydroxyl groups is 1. The second-order valence-electron chi connectivity index (χ2n) is 8.85. The van der Waals surface area contributed by atoms with Gasteiger partial charge in [0, 0.05) is 37.2 Å². The lowest BCUT2D eigenvalue weighted by molar-refractivity contribution is -0.952. The Hall–Kier alpha value is -2.37. The minimum absolute atomic E-state index is 0.174. The van der Waals surface area contributed by atoms with Crippen molar-refractivity contribution in [3.05, 3.63) is 59.7 Å². The van der Waals surface area contributed by atoms with Crippen LogP contribution in [0.3, 0.4) is 0 Å². The van der Waals surface area contributed by atoms with Crippen LogP contribution in [-0.4, -0.2) is 55.8 Å². The lowest BCUT2D eigenvalue weighted by Crippen LogP contribution is -2.67. The molecule has 0 unspecified atom stereocenters. The number of benzene rings is 2. The molecule has 2 bridgehead atoms. The van der Waals surface area contributed by atoms with Crippen LogP contribution in [0.15, 0.2) is 48.5 Å². The van der Waals surface area contributed by atoms with Gasteiger partial charge >= 0.3 is 0 Å². The highest BCUT2D eigenvalue weighted by Crippen LogP contribution is 2.46. The zero-order valence-electron chi connectivity index (χ0n) is 18.0. The first-order valence-electron chi connectivity index (χ1n) is 10.9. The number of carbonyl (C=O) groups is 1. The Morgan fingerprint density at radius 1 is 1.00 bits per heavy atom. The molecule has 3 aliphatic heterocycles. The number of ketones is 1. The molecule has 0 amide bonds. The SMILES string of the molecule is COc1ccc(C(=O)CCC[N+]23CCC(CC2)[C@@](O)(c2ccc(OC)cc2)C3)cc1. The Balaban J connectivity index is 1.40. The summed E-state index contributed by atoms with van der Waals surface area (Å²) in [5.41, 5.74) is 0.940. The molecule has 0 spiro atoms. The maximum absolute atomic E-state index is 12.6. The first-order chi connectivity index (χ1) is 14.5. The van der Waals surface area contributed by atoms with Crippen molar-refractivity contribution in [3.8, 4) is 11.5 Å². The predicted octanol–water partition coefficient (Wildman–Crippen LogP) is 3.79. The lowest BCUT2D eigenvalue weighted by Gasteiger charge is -2.56. The maximum Gasteiger partial charge on any atom is 0.163 e. The molecular formula is C25H32NO4+. The number of fused-ring (bicyclic) bond motifs is 3. The van der Waals surface area contributed by atoms with Crippen LogP contribution in [0.1, 0.15) is 41.6 Å². The van der Waals surface area contributed by atoms with Crippen molar-refractivity contribution in [2.24, 2.45) is 5.92 Å². The summed E-state index contributed by atoms with van der Waals surface area (Å²) < 4.78 is 11.3. The molecule has 2 aromatic carbocycles. The molecule has 5 rings (SSSR count). The summed E-state index contributed by atoms with van der Waals surface area (Å²) in [6.07, 6.45) is 3.45. The van der Waals surface area contributed by atoms with Crippen molar-refractivity contribution in [1.82, 2.24) is 0 Å². The van der Waals surface area contributed by atoms with Gasteiger partial charge in [-0.25, -0.2) is 0 Å². The number of carbonyl (C=O) groups excluding carboxylic acids is 1. The lowest BCUT2D eigenvalue weighted by atomic mass is 9.70. The molecule has 2 aromatic rings. The van der Waals surface area contributed by atoms with E-state index in [1.807, 2.05) is 48.5 Å². The van der Waals surface area contributed by atoms with Gasteiger partial charge in [0.25, 0.3) is 0 Å². The zero-order valence-corrected chi connectivity index (χ0v) is 18.0. The summed E-state index contributed by atoms with van der Waals surface area (Å²) >= 11 is 0. The highest BCUT2D eigenvalue weighted by atomic mass is 16.5. The number of nitrogens with zero attached hydrogens (tertiary/aromatic N) is 1. The van der Waals surface area contributed by atoms with E-state index in [-0.39, 0.29) is 5.78 Å². The number of ether oxygens (including phenoxy) is 2. The van der Waals surface area contributed by atoms with Gasteiger partial charge < -0.3 is 19.1 Å². The number of hydrogen-bond acceptors (Lipinski definition) is 4. The highest BCUT2D eigenvalue weighted by Gasteiger charge is 2.54. The van der Waals surface area contributed by atoms with Gasteiger partial charge in [0.2, 0.25) is 0 Å². The van der Waals surface area contributed by atoms with Crippen molar-refractivity contribution >= 4 is 5.78 Å². The molecular weight excluding hydrogens is 378 g/mol. The summed E-state index contributed by atoms with van der Waals surface area (Å²) in [4.78, 5) is 12.6. The number of methoxy groups -OCH3 is 2. The molecule has 0 aliphatic carbocycles. The summed E-state index contributed by atoms with van der Waals surface area (Å²) in [6, 6.07) is 15.2. The third-order valence-corrected chi connectivity index (χ3v) is 7.19. The molecule has 1 atom stereocenters. The van der Waals surface area contributed by atoms with E-state index in [0.29, 0.717) is 12.3 Å². The Kier molecular flexibility index (Phi) is 5.85. The van der Waals surface area contributed by atoms with E-state index >= 15 is 0 Å². The standard InChI is InChI=1S/C25H32NO4/c1-29-22-9-5-19(6-10-22)24(27)4-3-15-26-16-13-21(14-17-26)25(28,18-26)20-7-11-23(30-2)12-8-20/h5-12,21,28H,3-4,13-18H2,1-2H3/q+1/t21?,25-,26?/m0/s1. The fourth-order valence-electron chi connectivity index (χ4n) is 5.40. The topological polar surface area (TPSA) is 55.8 Å². The van der Waals surface area contributed by atoms with E-state index in [9.17, 15) is 9.90 Å². The largest absolute Gasteiger partial charge is 0.497 e. The maximum atomic E-state index is 12.6. The third kappa shape index (κ3) is 3.96. The molecule has 5 heteroatoms. The number of quaternary nitrogens is 1. The van der Waals surface area contributed by atoms with Crippen LogP contribution in [0.5, 0.6) is 11.5 Å². The first kappa shape index (κ1) is 20.9. The van der Waals surface area contributed by atoms with Crippen molar-refractivity contribution in [2.45, 2.75) is 31.3 Å². The summed E-state index contributed by atoms with van der Waals surface area (Å²) in [5, 5.41) is 11.7. The van der Waals surface area contributed by atoms with Gasteiger partial charge in [-0.2, -0.15) is 0 Å². The van der Waals surface area contributed by atoms with E-state index in [1.165, 1.54) is 0 Å². The average Bonchev–Trinajstić information content (AvgIpc) is 2.79. The smallest absolute Gasteiger partial charge is 0.163 e. The molecule has 3 saturated heterocycles. The number of Topliss-reactive ketones (excluding diaryl/α,β-unsaturated/α-hetero) is 1. The van der Waals surface area contributed by atoms with Crippen molar-refractivity contribution < 1.29 is 23.9 Å². The summed E-state index contributed by atoms with van der Waals surface area (Å²) in [7, 11) is 3.28. The highest BCUT2D eigenvalue weighted by molar-refractivity contribution is 5.96. The molecule has 3 aliphatic rings. The van der Waals surface area contributed by atoms with E-state index in [2.05, 4.69) is 0 Å². The quantitative estimate of drug-likeness (QED) is 0.531. The van der Waals surface area contributed by atoms with Gasteiger partial charge in [0.1, 0.15) is 23.6 Å². The molecule has 0 aromatic heterocycles. The second kappa shape index (κ2) is 8.40. The van der Waals surface area contributed by atoms with Gasteiger partial charge in [-0.3, -0.25) is 4.79 Å². The monoisotopic (exact) mass is 410 g/mol. The summed E-state index contributed by atoms with van der Waals surface area (Å²) in [5.74, 6) is 2.06. The molecule has 160 valence electrons. The average molecular weight is 411 g/mol. The van der Waals surface area contributed by atoms with Crippen LogP contribution < -0.4 is 9.47 Å². The zero-order chi connectivity index (χ0) is 21.2. The Bertz CT molecular complexity index is 869. The molecule has 0 saturated carbocycles. The van der Waals surface area contributed by atoms with Crippen molar-refractivity contribution in [2.75, 3.05) is 40.4 Å². The molecule has 3 heterocycles. The minimum Gasteiger partial charge on any atom is -0.497 e. The van der Waals surface area contributed by atoms with E-state index in [4.69, 9.17) is 9.47 Å². The minimum atomic E-state index is -0.789. The van der Waals surface area contributed by atoms with E-state index < -0.39 is 5.60 Å². The molecule has 0 radical (unpaired) electrons. The fourth-order valence-corrected chi connectivity index (χ4v) is 5.40. The number of rotatable bonds is 8. The molecule has 5 nitrogen and oxygen atoms in total. The molecule has 3 fully saturated rings. The van der Waals surface area contributed by atoms with Gasteiger partial charge in [-0.05, 0) is 42.0 Å². The van der Waals surface area contributed by atoms with Crippen LogP contribution in [0.2, 0.25) is 0 Å². The third-order valence-electron chi connectivity index (χ3n) is 7.19. The van der Waals surface area contributed by atoms with Crippen LogP contribution >= 0.6 is 0 Å². The van der Waals surface area contributed by atoms with Crippen LogP contribution in [0.25, 0.3) is 0 Å². The Morgan fingerprint density at radius 2 is 1.57 bits per heavy atom. The van der Waals surface area contributed by atoms with Crippen molar-refractivity contribution in [1.29, 1.82) is 0 Å². The summed E-state index contributed by atoms with van der Waals surface area (Å²) in [6.45, 7) is 3.87. The number of piperidine rings is 3. The predicted molar refractivity (Wildman–Crippen MR) is 116 cm³/mol. The Labute approximate surface area is 178 Å². The van der Waals surface area contributed by atoms with E-state index in [1.54, 1.807) is 14.2 Å². The van der Waals surface area contributed by atoms with Gasteiger partial charge in [-0.15, -0.1) is 0 Å². The first-order valence-corrected chi connectivity index (χ1v) is 10.9. The van der Waals surface area contributed by atoms with Crippen LogP contribution in [0.4, 0.5) is 0 Å². The van der Waals surface area contributed by atoms with Crippen LogP contribution in [0, 0.1) is 5.92 Å². The van der Waals surface area contributed by atoms with Crippen molar-refractivity contribution in [3.63, 3.8) is 0 Å². The van der Waals surface area contributed by atoms with Gasteiger partial charge in [0.15, 0.2) is 5.78 Å². The fraction of sp³-hybridized carbons (Fsp3) is 0.480. The van der Waals surface area contributed by atoms with Crippen LogP contribution in [-0.2, 0) is 5.60 Å².